The normalized spacial score (nSPS) is 12.7. The number of unbranched alkanes of at least 4 members (excludes halogenated alkanes) is 7. The Morgan fingerprint density at radius 3 is 1.21 bits per heavy atom. The van der Waals surface area contributed by atoms with Gasteiger partial charge in [-0.05, 0) is 116 Å². The van der Waals surface area contributed by atoms with Crippen molar-refractivity contribution in [2.75, 3.05) is 46.0 Å². The number of ether oxygens (including phenoxy) is 4. The van der Waals surface area contributed by atoms with Crippen LogP contribution in [-0.4, -0.2) is 118 Å². The minimum Gasteiger partial charge on any atom is -0.507 e. The van der Waals surface area contributed by atoms with Gasteiger partial charge >= 0.3 is 22.5 Å². The number of nitrogens with one attached hydrogen (secondary N) is 1. The zero-order valence-electron chi connectivity index (χ0n) is 52.3. The number of hydrogen-bond donors (Lipinski definition) is 4. The number of phenolic OH excluding ortho intramolecular Hbond substituents is 3. The van der Waals surface area contributed by atoms with Crippen LogP contribution in [0.1, 0.15) is 200 Å². The van der Waals surface area contributed by atoms with Gasteiger partial charge in [-0.2, -0.15) is 0 Å². The molecule has 0 bridgehead atoms. The van der Waals surface area contributed by atoms with Crippen molar-refractivity contribution in [2.45, 2.75) is 217 Å². The van der Waals surface area contributed by atoms with Crippen LogP contribution in [0, 0.1) is 11.8 Å². The van der Waals surface area contributed by atoms with Crippen molar-refractivity contribution in [1.82, 2.24) is 30.1 Å². The van der Waals surface area contributed by atoms with Crippen LogP contribution in [0.5, 0.6) is 34.5 Å². The summed E-state index contributed by atoms with van der Waals surface area (Å²) in [5, 5.41) is 36.2. The van der Waals surface area contributed by atoms with E-state index in [9.17, 15) is 20.1 Å². The Bertz CT molecular complexity index is 2480. The number of benzene rings is 3. The molecule has 1 aromatic heterocycles. The number of rotatable bonds is 29. The molecule has 85 heavy (non-hydrogen) atoms. The van der Waals surface area contributed by atoms with Gasteiger partial charge < -0.3 is 99.1 Å². The zero-order chi connectivity index (χ0) is 61.8. The Kier molecular flexibility index (Phi) is 42.1. The third-order valence-corrected chi connectivity index (χ3v) is 14.1. The van der Waals surface area contributed by atoms with Crippen molar-refractivity contribution in [1.29, 1.82) is 0 Å². The molecule has 0 unspecified atom stereocenters. The van der Waals surface area contributed by atoms with Gasteiger partial charge in [-0.25, -0.2) is 15.0 Å². The third-order valence-electron chi connectivity index (χ3n) is 13.1. The molecule has 0 saturated carbocycles. The van der Waals surface area contributed by atoms with Crippen LogP contribution in [0.3, 0.4) is 0 Å². The molecule has 5 rings (SSSR count). The number of aromatic hydroxyl groups is 3. The first kappa shape index (κ1) is 80.2. The van der Waals surface area contributed by atoms with E-state index in [2.05, 4.69) is 118 Å². The summed E-state index contributed by atoms with van der Waals surface area (Å²) in [4.78, 5) is 29.7. The van der Waals surface area contributed by atoms with Crippen LogP contribution in [0.2, 0.25) is 0 Å². The number of thiocarbonyl (C=S) groups is 2. The summed E-state index contributed by atoms with van der Waals surface area (Å²) in [5.74, 6) is 7.15. The molecule has 19 heteroatoms. The smallest absolute Gasteiger partial charge is 0.507 e. The molecule has 1 aliphatic heterocycles. The van der Waals surface area contributed by atoms with Crippen molar-refractivity contribution >= 4 is 64.3 Å². The fourth-order valence-corrected chi connectivity index (χ4v) is 9.56. The number of piperidine rings is 1. The van der Waals surface area contributed by atoms with Crippen LogP contribution in [-0.2, 0) is 51.3 Å². The molecule has 1 aliphatic rings. The molecule has 0 aliphatic carbocycles. The van der Waals surface area contributed by atoms with Gasteiger partial charge in [0.05, 0.1) is 29.9 Å². The number of hydrogen-bond acceptors (Lipinski definition) is 16. The van der Waals surface area contributed by atoms with Crippen molar-refractivity contribution < 1.29 is 55.6 Å². The summed E-state index contributed by atoms with van der Waals surface area (Å²) in [5.41, 5.74) is 1.06. The van der Waals surface area contributed by atoms with Gasteiger partial charge in [0.25, 0.3) is 0 Å². The predicted octanol–water partition coefficient (Wildman–Crippen LogP) is 15.9. The van der Waals surface area contributed by atoms with Crippen molar-refractivity contribution in [3.05, 3.63) is 54.6 Å². The topological polar surface area (TPSA) is 172 Å². The molecule has 0 radical (unpaired) electrons. The zero-order valence-corrected chi connectivity index (χ0v) is 56.6. The second kappa shape index (κ2) is 44.6. The number of nitrogens with zero attached hydrogens (tertiary/aromatic N) is 5. The number of aromatic nitrogens is 3. The Hall–Kier alpha value is -4.83. The largest absolute Gasteiger partial charge is 2.00 e. The molecule has 2 heterocycles. The van der Waals surface area contributed by atoms with E-state index in [1.54, 1.807) is 43.3 Å². The summed E-state index contributed by atoms with van der Waals surface area (Å²) in [6.45, 7) is 30.8. The van der Waals surface area contributed by atoms with Gasteiger partial charge in [-0.3, -0.25) is 4.79 Å². The minimum atomic E-state index is -0.118. The maximum Gasteiger partial charge on any atom is 2.00 e. The van der Waals surface area contributed by atoms with E-state index in [1.807, 2.05) is 0 Å². The van der Waals surface area contributed by atoms with Gasteiger partial charge in [0.15, 0.2) is 17.5 Å². The van der Waals surface area contributed by atoms with Gasteiger partial charge in [0.2, 0.25) is 0 Å². The maximum absolute atomic E-state index is 11.6. The van der Waals surface area contributed by atoms with Crippen molar-refractivity contribution in [3.63, 3.8) is 0 Å². The van der Waals surface area contributed by atoms with Crippen LogP contribution in [0.25, 0.3) is 34.2 Å². The van der Waals surface area contributed by atoms with E-state index >= 15 is 0 Å². The number of carbonyl (C=O) groups excluding carboxylic acids is 1. The van der Waals surface area contributed by atoms with Crippen LogP contribution in [0.4, 0.5) is 0 Å². The van der Waals surface area contributed by atoms with Gasteiger partial charge in [0.1, 0.15) is 47.2 Å². The second-order valence-electron chi connectivity index (χ2n) is 21.9. The van der Waals surface area contributed by atoms with Crippen LogP contribution in [0.15, 0.2) is 54.6 Å². The summed E-state index contributed by atoms with van der Waals surface area (Å²) in [6.07, 6.45) is 17.8. The van der Waals surface area contributed by atoms with Gasteiger partial charge in [0, 0.05) is 74.7 Å². The molecular formula is C66H102N6NiO8S4. The second-order valence-corrected chi connectivity index (χ2v) is 24.0. The average molecular weight is 1290 g/mol. The van der Waals surface area contributed by atoms with E-state index in [0.717, 1.165) is 77.5 Å². The molecular weight excluding hydrogens is 1190 g/mol. The SMILES string of the molecule is C.CC#CCOc1ccc(-c2nc(-c3ccc(OCCCC)cc3O)nc(-c3ccc(OCCCC)cc3O)n2)c(O)c1.CCCCC(=O)OC1CC(C)(C)NC(C)(C)C1.CCCCN(CCCC)C(=S)[S-].CCCCN(CCCC)C(=S)[S-].[Ni+2]. The molecule has 3 aromatic carbocycles. The number of esters is 1. The van der Waals surface area contributed by atoms with E-state index in [4.69, 9.17) is 68.6 Å². The number of carbonyl (C=O) groups is 1. The summed E-state index contributed by atoms with van der Waals surface area (Å²) >= 11 is 19.9. The van der Waals surface area contributed by atoms with Crippen LogP contribution >= 0.6 is 24.4 Å². The predicted molar refractivity (Wildman–Crippen MR) is 360 cm³/mol. The molecule has 0 atom stereocenters. The van der Waals surface area contributed by atoms with E-state index in [1.165, 1.54) is 69.6 Å². The standard InChI is InChI=1S/C33H35N3O6.C14H27NO2.2C9H19NS2.CH4.Ni/c1-4-7-16-40-22-10-13-25(28(37)19-22)31-34-32(26-14-11-23(20-29(26)38)41-17-8-5-2)36-33(35-31)27-15-12-24(21-30(27)39)42-18-9-6-3;1-6-7-8-12(16)17-11-9-13(2,3)15-14(4,5)10-11;2*1-3-5-7-10(9(11)12)8-6-4-2;;/h10-15,19-21,37-39H,4-5,7-8,16-18H2,1-3H3;11,15H,6-10H2,1-5H3;2*3-8H2,1-2H3,(H,11,12);1H4;/q;;;;;+2/p-2. The summed E-state index contributed by atoms with van der Waals surface area (Å²) < 4.78 is 23.8. The van der Waals surface area contributed by atoms with Gasteiger partial charge in [-0.1, -0.05) is 115 Å². The van der Waals surface area contributed by atoms with Crippen molar-refractivity contribution in [2.24, 2.45) is 0 Å². The third kappa shape index (κ3) is 32.1. The summed E-state index contributed by atoms with van der Waals surface area (Å²) in [6, 6.07) is 14.6. The van der Waals surface area contributed by atoms with Gasteiger partial charge in [-0.15, -0.1) is 5.92 Å². The first-order chi connectivity index (χ1) is 39.6. The van der Waals surface area contributed by atoms with Crippen molar-refractivity contribution in [3.8, 4) is 80.5 Å². The van der Waals surface area contributed by atoms with Crippen LogP contribution < -0.4 is 19.5 Å². The fraction of sp³-hybridized carbons (Fsp3) is 0.606. The molecule has 14 nitrogen and oxygen atoms in total. The first-order valence-corrected chi connectivity index (χ1v) is 31.7. The summed E-state index contributed by atoms with van der Waals surface area (Å²) in [7, 11) is 0. The Morgan fingerprint density at radius 1 is 0.588 bits per heavy atom. The first-order valence-electron chi connectivity index (χ1n) is 30.1. The monoisotopic (exact) mass is 1290 g/mol. The Morgan fingerprint density at radius 2 is 0.918 bits per heavy atom. The quantitative estimate of drug-likeness (QED) is 0.0101. The molecule has 4 N–H and O–H groups in total. The Labute approximate surface area is 544 Å². The van der Waals surface area contributed by atoms with E-state index in [0.29, 0.717) is 62.2 Å². The molecule has 1 saturated heterocycles. The fourth-order valence-electron chi connectivity index (χ4n) is 8.83. The molecule has 478 valence electrons. The molecule has 1 fully saturated rings. The molecule has 0 amide bonds. The van der Waals surface area contributed by atoms with E-state index < -0.39 is 0 Å². The number of phenols is 3. The maximum atomic E-state index is 11.6. The minimum absolute atomic E-state index is 0. The molecule has 0 spiro atoms. The average Bonchev–Trinajstić information content (AvgIpc) is 3.41. The van der Waals surface area contributed by atoms with E-state index in [-0.39, 0.29) is 88.4 Å². The Balaban J connectivity index is 0.00000134. The molecule has 4 aromatic rings.